The molecule has 0 bridgehead atoms. The number of carbonyl (C=O) groups is 1. The fourth-order valence-corrected chi connectivity index (χ4v) is 7.01. The lowest BCUT2D eigenvalue weighted by Gasteiger charge is -2.18. The quantitative estimate of drug-likeness (QED) is 0.313. The number of thiocarbonyl (C=S) groups is 1. The van der Waals surface area contributed by atoms with Crippen molar-refractivity contribution in [1.82, 2.24) is 9.88 Å². The molecule has 1 amide bonds. The average Bonchev–Trinajstić information content (AvgIpc) is 3.44. The fraction of sp³-hybridized carbons (Fsp3) is 0.174. The summed E-state index contributed by atoms with van der Waals surface area (Å²) in [5.41, 5.74) is 3.35. The number of allylic oxidation sites excluding steroid dienone is 2. The second-order valence-electron chi connectivity index (χ2n) is 6.97. The van der Waals surface area contributed by atoms with Gasteiger partial charge in [0.2, 0.25) is 0 Å². The van der Waals surface area contributed by atoms with Crippen molar-refractivity contribution in [2.75, 3.05) is 18.0 Å². The van der Waals surface area contributed by atoms with Crippen molar-refractivity contribution < 1.29 is 4.79 Å². The van der Waals surface area contributed by atoms with Gasteiger partial charge in [-0.05, 0) is 50.3 Å². The van der Waals surface area contributed by atoms with E-state index in [1.54, 1.807) is 28.0 Å². The van der Waals surface area contributed by atoms with E-state index in [0.29, 0.717) is 15.8 Å². The summed E-state index contributed by atoms with van der Waals surface area (Å²) < 4.78 is 1.83. The second kappa shape index (κ2) is 8.43. The average molecular weight is 482 g/mol. The van der Waals surface area contributed by atoms with E-state index >= 15 is 0 Å². The number of thioether (sulfide) groups is 2. The van der Waals surface area contributed by atoms with Gasteiger partial charge in [-0.25, -0.2) is 4.98 Å². The Morgan fingerprint density at radius 3 is 2.58 bits per heavy atom. The number of para-hydroxylation sites is 1. The van der Waals surface area contributed by atoms with Crippen molar-refractivity contribution in [3.05, 3.63) is 64.6 Å². The Balaban J connectivity index is 1.46. The summed E-state index contributed by atoms with van der Waals surface area (Å²) >= 11 is 10.1. The first-order chi connectivity index (χ1) is 15.1. The standard InChI is InChI=1S/C23H19N3OS4/c1-3-25-16-13-14(21-24-15-7-5-6-8-17(15)30-21)9-10-18(16)29-20(25)12-11-19-22(27)26(4-2)23(28)31-19/h5-13H,3-4H2,1-2H3/b19-11-,20-12+. The molecule has 1 aromatic heterocycles. The van der Waals surface area contributed by atoms with E-state index in [-0.39, 0.29) is 5.91 Å². The molecule has 0 saturated carbocycles. The Morgan fingerprint density at radius 2 is 1.84 bits per heavy atom. The highest BCUT2D eigenvalue weighted by Crippen LogP contribution is 2.48. The molecule has 2 aliphatic rings. The summed E-state index contributed by atoms with van der Waals surface area (Å²) in [7, 11) is 0. The van der Waals surface area contributed by atoms with E-state index in [4.69, 9.17) is 17.2 Å². The predicted octanol–water partition coefficient (Wildman–Crippen LogP) is 6.50. The van der Waals surface area contributed by atoms with Crippen LogP contribution in [0.4, 0.5) is 5.69 Å². The van der Waals surface area contributed by atoms with Gasteiger partial charge in [0, 0.05) is 23.5 Å². The van der Waals surface area contributed by atoms with E-state index in [2.05, 4.69) is 42.2 Å². The number of carbonyl (C=O) groups excluding carboxylic acids is 1. The highest BCUT2D eigenvalue weighted by molar-refractivity contribution is 8.26. The Kier molecular flexibility index (Phi) is 5.64. The topological polar surface area (TPSA) is 36.4 Å². The number of fused-ring (bicyclic) bond motifs is 2. The predicted molar refractivity (Wildman–Crippen MR) is 138 cm³/mol. The third-order valence-electron chi connectivity index (χ3n) is 5.15. The third kappa shape index (κ3) is 3.71. The minimum Gasteiger partial charge on any atom is -0.335 e. The van der Waals surface area contributed by atoms with Crippen LogP contribution in [0.5, 0.6) is 0 Å². The molecule has 8 heteroatoms. The molecule has 0 N–H and O–H groups in total. The normalized spacial score (nSPS) is 18.8. The van der Waals surface area contributed by atoms with Gasteiger partial charge >= 0.3 is 0 Å². The van der Waals surface area contributed by atoms with Gasteiger partial charge in [-0.2, -0.15) is 0 Å². The molecular weight excluding hydrogens is 463 g/mol. The maximum atomic E-state index is 12.5. The highest BCUT2D eigenvalue weighted by Gasteiger charge is 2.31. The number of thiazole rings is 1. The summed E-state index contributed by atoms with van der Waals surface area (Å²) in [6, 6.07) is 14.8. The van der Waals surface area contributed by atoms with Crippen LogP contribution in [0, 0.1) is 0 Å². The van der Waals surface area contributed by atoms with Crippen molar-refractivity contribution in [2.45, 2.75) is 18.7 Å². The van der Waals surface area contributed by atoms with Crippen molar-refractivity contribution in [1.29, 1.82) is 0 Å². The first-order valence-corrected chi connectivity index (χ1v) is 12.9. The van der Waals surface area contributed by atoms with E-state index in [1.165, 1.54) is 27.0 Å². The number of anilines is 1. The molecule has 0 spiro atoms. The molecular formula is C23H19N3OS4. The number of likely N-dealkylation sites (N-methyl/N-ethyl adjacent to an activating group) is 1. The fourth-order valence-electron chi connectivity index (χ4n) is 3.61. The summed E-state index contributed by atoms with van der Waals surface area (Å²) in [5.74, 6) is -0.00367. The number of aromatic nitrogens is 1. The molecule has 0 unspecified atom stereocenters. The number of hydrogen-bond acceptors (Lipinski definition) is 7. The molecule has 31 heavy (non-hydrogen) atoms. The molecule has 4 nitrogen and oxygen atoms in total. The Hall–Kier alpha value is -2.13. The van der Waals surface area contributed by atoms with Crippen molar-refractivity contribution in [2.24, 2.45) is 0 Å². The Morgan fingerprint density at radius 1 is 1.03 bits per heavy atom. The highest BCUT2D eigenvalue weighted by atomic mass is 32.2. The molecule has 1 saturated heterocycles. The van der Waals surface area contributed by atoms with Gasteiger partial charge in [0.05, 0.1) is 25.8 Å². The second-order valence-corrected chi connectivity index (χ2v) is 10.7. The van der Waals surface area contributed by atoms with Crippen molar-refractivity contribution >= 4 is 73.2 Å². The molecule has 0 aliphatic carbocycles. The van der Waals surface area contributed by atoms with Gasteiger partial charge in [0.25, 0.3) is 5.91 Å². The first-order valence-electron chi connectivity index (χ1n) is 10.00. The Bertz CT molecular complexity index is 1240. The molecule has 3 aromatic rings. The minimum atomic E-state index is -0.00367. The molecule has 0 radical (unpaired) electrons. The maximum Gasteiger partial charge on any atom is 0.266 e. The number of rotatable bonds is 4. The van der Waals surface area contributed by atoms with Gasteiger partial charge in [-0.1, -0.05) is 53.9 Å². The molecule has 156 valence electrons. The number of nitrogens with zero attached hydrogens (tertiary/aromatic N) is 3. The van der Waals surface area contributed by atoms with Crippen LogP contribution in [0.2, 0.25) is 0 Å². The zero-order valence-electron chi connectivity index (χ0n) is 17.0. The largest absolute Gasteiger partial charge is 0.335 e. The molecule has 5 rings (SSSR count). The van der Waals surface area contributed by atoms with Crippen LogP contribution in [0.1, 0.15) is 13.8 Å². The van der Waals surface area contributed by atoms with Crippen LogP contribution in [0.25, 0.3) is 20.8 Å². The number of amides is 1. The summed E-state index contributed by atoms with van der Waals surface area (Å²) in [4.78, 5) is 23.1. The van der Waals surface area contributed by atoms with Gasteiger partial charge in [0.15, 0.2) is 0 Å². The SMILES string of the molecule is CCN1C(=O)/C(=C/C=C2/Sc3ccc(-c4nc5ccccc5s4)cc3N2CC)SC1=S. The monoisotopic (exact) mass is 481 g/mol. The van der Waals surface area contributed by atoms with Gasteiger partial charge in [0.1, 0.15) is 9.33 Å². The molecule has 2 aromatic carbocycles. The van der Waals surface area contributed by atoms with Crippen LogP contribution in [-0.4, -0.2) is 33.2 Å². The number of benzene rings is 2. The van der Waals surface area contributed by atoms with Gasteiger partial charge < -0.3 is 4.90 Å². The summed E-state index contributed by atoms with van der Waals surface area (Å²) in [6.45, 7) is 5.54. The molecule has 0 atom stereocenters. The van der Waals surface area contributed by atoms with Crippen LogP contribution >= 0.6 is 47.1 Å². The summed E-state index contributed by atoms with van der Waals surface area (Å²) in [5, 5.41) is 2.14. The van der Waals surface area contributed by atoms with Crippen LogP contribution in [-0.2, 0) is 4.79 Å². The zero-order valence-corrected chi connectivity index (χ0v) is 20.3. The van der Waals surface area contributed by atoms with E-state index in [0.717, 1.165) is 27.7 Å². The molecule has 3 heterocycles. The van der Waals surface area contributed by atoms with Crippen molar-refractivity contribution in [3.63, 3.8) is 0 Å². The van der Waals surface area contributed by atoms with Gasteiger partial charge in [-0.3, -0.25) is 9.69 Å². The molecule has 2 aliphatic heterocycles. The number of hydrogen-bond donors (Lipinski definition) is 0. The smallest absolute Gasteiger partial charge is 0.266 e. The minimum absolute atomic E-state index is 0.00367. The van der Waals surface area contributed by atoms with Crippen molar-refractivity contribution in [3.8, 4) is 10.6 Å². The lowest BCUT2D eigenvalue weighted by atomic mass is 10.2. The lowest BCUT2D eigenvalue weighted by Crippen LogP contribution is -2.27. The van der Waals surface area contributed by atoms with E-state index < -0.39 is 0 Å². The maximum absolute atomic E-state index is 12.5. The van der Waals surface area contributed by atoms with E-state index in [1.807, 2.05) is 31.2 Å². The first kappa shape index (κ1) is 20.8. The van der Waals surface area contributed by atoms with Crippen LogP contribution < -0.4 is 4.90 Å². The van der Waals surface area contributed by atoms with E-state index in [9.17, 15) is 4.79 Å². The van der Waals surface area contributed by atoms with Gasteiger partial charge in [-0.15, -0.1) is 11.3 Å². The Labute approximate surface area is 199 Å². The zero-order chi connectivity index (χ0) is 21.5. The molecule has 1 fully saturated rings. The summed E-state index contributed by atoms with van der Waals surface area (Å²) in [6.07, 6.45) is 3.94. The van der Waals surface area contributed by atoms with Crippen LogP contribution in [0.3, 0.4) is 0 Å². The lowest BCUT2D eigenvalue weighted by molar-refractivity contribution is -0.122. The van der Waals surface area contributed by atoms with Crippen LogP contribution in [0.15, 0.2) is 69.4 Å². The third-order valence-corrected chi connectivity index (χ3v) is 8.77.